The molecule has 0 amide bonds. The number of anilines is 1. The second-order valence-electron chi connectivity index (χ2n) is 5.95. The molecule has 0 N–H and O–H groups in total. The lowest BCUT2D eigenvalue weighted by Crippen LogP contribution is -2.49. The van der Waals surface area contributed by atoms with Gasteiger partial charge < -0.3 is 9.64 Å². The molecule has 0 spiro atoms. The third-order valence-electron chi connectivity index (χ3n) is 4.40. The standard InChI is InChI=1S/C18H23N3O3S/c1-24-18-8-3-2-7-17(18)20-11-13-21(14-12-20)25(22,23)15-9-16-6-4-5-10-19-16/h2-8,10H,9,11-15H2,1H3. The topological polar surface area (TPSA) is 62.7 Å². The Labute approximate surface area is 149 Å². The van der Waals surface area contributed by atoms with E-state index in [9.17, 15) is 8.42 Å². The fourth-order valence-electron chi connectivity index (χ4n) is 3.01. The van der Waals surface area contributed by atoms with Gasteiger partial charge in [0.1, 0.15) is 5.75 Å². The number of hydrogen-bond donors (Lipinski definition) is 0. The Hall–Kier alpha value is -2.12. The van der Waals surface area contributed by atoms with Crippen LogP contribution >= 0.6 is 0 Å². The van der Waals surface area contributed by atoms with E-state index >= 15 is 0 Å². The molecule has 0 atom stereocenters. The summed E-state index contributed by atoms with van der Waals surface area (Å²) in [5.74, 6) is 0.910. The van der Waals surface area contributed by atoms with Crippen molar-refractivity contribution in [3.63, 3.8) is 0 Å². The maximum absolute atomic E-state index is 12.6. The highest BCUT2D eigenvalue weighted by molar-refractivity contribution is 7.89. The van der Waals surface area contributed by atoms with Crippen molar-refractivity contribution < 1.29 is 13.2 Å². The van der Waals surface area contributed by atoms with Crippen molar-refractivity contribution in [1.29, 1.82) is 0 Å². The van der Waals surface area contributed by atoms with Crippen LogP contribution in [0, 0.1) is 0 Å². The van der Waals surface area contributed by atoms with Crippen LogP contribution in [-0.2, 0) is 16.4 Å². The van der Waals surface area contributed by atoms with Gasteiger partial charge in [-0.1, -0.05) is 18.2 Å². The van der Waals surface area contributed by atoms with E-state index in [4.69, 9.17) is 4.74 Å². The number of sulfonamides is 1. The number of pyridine rings is 1. The van der Waals surface area contributed by atoms with Crippen molar-refractivity contribution in [3.8, 4) is 5.75 Å². The first kappa shape index (κ1) is 17.7. The van der Waals surface area contributed by atoms with E-state index in [2.05, 4.69) is 9.88 Å². The normalized spacial score (nSPS) is 16.0. The SMILES string of the molecule is COc1ccccc1N1CCN(S(=O)(=O)CCc2ccccn2)CC1. The van der Waals surface area contributed by atoms with Gasteiger partial charge in [-0.05, 0) is 24.3 Å². The summed E-state index contributed by atoms with van der Waals surface area (Å²) in [6.07, 6.45) is 2.13. The van der Waals surface area contributed by atoms with Crippen LogP contribution in [0.2, 0.25) is 0 Å². The van der Waals surface area contributed by atoms with Crippen LogP contribution in [-0.4, -0.2) is 56.7 Å². The van der Waals surface area contributed by atoms with Gasteiger partial charge in [-0.3, -0.25) is 4.98 Å². The van der Waals surface area contributed by atoms with Crippen molar-refractivity contribution in [2.24, 2.45) is 0 Å². The molecule has 1 aliphatic heterocycles. The highest BCUT2D eigenvalue weighted by atomic mass is 32.2. The molecule has 1 fully saturated rings. The fraction of sp³-hybridized carbons (Fsp3) is 0.389. The molecule has 7 heteroatoms. The van der Waals surface area contributed by atoms with Gasteiger partial charge in [0.25, 0.3) is 0 Å². The molecule has 1 aromatic heterocycles. The first-order valence-electron chi connectivity index (χ1n) is 8.36. The minimum absolute atomic E-state index is 0.0959. The van der Waals surface area contributed by atoms with Crippen LogP contribution in [0.25, 0.3) is 0 Å². The molecule has 1 saturated heterocycles. The molecular weight excluding hydrogens is 338 g/mol. The summed E-state index contributed by atoms with van der Waals surface area (Å²) < 4.78 is 32.1. The largest absolute Gasteiger partial charge is 0.495 e. The highest BCUT2D eigenvalue weighted by Crippen LogP contribution is 2.28. The molecule has 1 aliphatic rings. The lowest BCUT2D eigenvalue weighted by atomic mass is 10.2. The first-order valence-corrected chi connectivity index (χ1v) is 9.97. The van der Waals surface area contributed by atoms with Crippen LogP contribution in [0.3, 0.4) is 0 Å². The van der Waals surface area contributed by atoms with Gasteiger partial charge >= 0.3 is 0 Å². The Morgan fingerprint density at radius 1 is 1.04 bits per heavy atom. The maximum atomic E-state index is 12.6. The number of rotatable bonds is 6. The smallest absolute Gasteiger partial charge is 0.214 e. The number of ether oxygens (including phenoxy) is 1. The van der Waals surface area contributed by atoms with E-state index in [1.807, 2.05) is 42.5 Å². The molecule has 0 aliphatic carbocycles. The minimum atomic E-state index is -3.27. The van der Waals surface area contributed by atoms with Crippen molar-refractivity contribution >= 4 is 15.7 Å². The van der Waals surface area contributed by atoms with Gasteiger partial charge in [0.15, 0.2) is 0 Å². The molecule has 2 aromatic rings. The molecule has 2 heterocycles. The highest BCUT2D eigenvalue weighted by Gasteiger charge is 2.27. The van der Waals surface area contributed by atoms with Crippen molar-refractivity contribution in [2.45, 2.75) is 6.42 Å². The van der Waals surface area contributed by atoms with Crippen LogP contribution in [0.15, 0.2) is 48.7 Å². The predicted molar refractivity (Wildman–Crippen MR) is 98.5 cm³/mol. The summed E-state index contributed by atoms with van der Waals surface area (Å²) >= 11 is 0. The third kappa shape index (κ3) is 4.29. The van der Waals surface area contributed by atoms with Gasteiger partial charge in [0.2, 0.25) is 10.0 Å². The molecule has 0 bridgehead atoms. The predicted octanol–water partition coefficient (Wildman–Crippen LogP) is 1.78. The summed E-state index contributed by atoms with van der Waals surface area (Å²) in [4.78, 5) is 6.36. The Morgan fingerprint density at radius 2 is 1.76 bits per heavy atom. The van der Waals surface area contributed by atoms with Gasteiger partial charge in [0.05, 0.1) is 18.6 Å². The molecule has 0 unspecified atom stereocenters. The van der Waals surface area contributed by atoms with Crippen LogP contribution in [0.4, 0.5) is 5.69 Å². The monoisotopic (exact) mass is 361 g/mol. The Bertz CT molecular complexity index is 788. The summed E-state index contributed by atoms with van der Waals surface area (Å²) in [5.41, 5.74) is 1.81. The summed E-state index contributed by atoms with van der Waals surface area (Å²) in [6.45, 7) is 2.29. The lowest BCUT2D eigenvalue weighted by molar-refractivity contribution is 0.378. The lowest BCUT2D eigenvalue weighted by Gasteiger charge is -2.35. The van der Waals surface area contributed by atoms with E-state index in [1.165, 1.54) is 0 Å². The number of aryl methyl sites for hydroxylation is 1. The minimum Gasteiger partial charge on any atom is -0.495 e. The number of hydrogen-bond acceptors (Lipinski definition) is 5. The maximum Gasteiger partial charge on any atom is 0.214 e. The van der Waals surface area contributed by atoms with Crippen LogP contribution < -0.4 is 9.64 Å². The second-order valence-corrected chi connectivity index (χ2v) is 8.03. The fourth-order valence-corrected chi connectivity index (χ4v) is 4.45. The molecule has 0 radical (unpaired) electrons. The molecule has 3 rings (SSSR count). The summed E-state index contributed by atoms with van der Waals surface area (Å²) in [7, 11) is -1.62. The average molecular weight is 361 g/mol. The van der Waals surface area contributed by atoms with E-state index in [1.54, 1.807) is 17.6 Å². The molecule has 0 saturated carbocycles. The van der Waals surface area contributed by atoms with E-state index in [-0.39, 0.29) is 5.75 Å². The average Bonchev–Trinajstić information content (AvgIpc) is 2.67. The summed E-state index contributed by atoms with van der Waals surface area (Å²) in [5, 5.41) is 0. The Morgan fingerprint density at radius 3 is 2.44 bits per heavy atom. The first-order chi connectivity index (χ1) is 12.1. The zero-order valence-electron chi connectivity index (χ0n) is 14.3. The molecule has 6 nitrogen and oxygen atoms in total. The number of benzene rings is 1. The van der Waals surface area contributed by atoms with Gasteiger partial charge in [-0.2, -0.15) is 4.31 Å². The van der Waals surface area contributed by atoms with E-state index in [0.717, 1.165) is 17.1 Å². The molecule has 1 aromatic carbocycles. The van der Waals surface area contributed by atoms with Crippen molar-refractivity contribution in [1.82, 2.24) is 9.29 Å². The van der Waals surface area contributed by atoms with E-state index < -0.39 is 10.0 Å². The molecular formula is C18H23N3O3S. The zero-order valence-corrected chi connectivity index (χ0v) is 15.2. The molecule has 25 heavy (non-hydrogen) atoms. The Balaban J connectivity index is 1.59. The van der Waals surface area contributed by atoms with Crippen LogP contribution in [0.1, 0.15) is 5.69 Å². The van der Waals surface area contributed by atoms with Crippen molar-refractivity contribution in [2.75, 3.05) is 43.9 Å². The zero-order chi connectivity index (χ0) is 17.7. The van der Waals surface area contributed by atoms with Gasteiger partial charge in [-0.15, -0.1) is 0 Å². The number of methoxy groups -OCH3 is 1. The number of piperazine rings is 1. The number of para-hydroxylation sites is 2. The third-order valence-corrected chi connectivity index (χ3v) is 6.27. The quantitative estimate of drug-likeness (QED) is 0.785. The molecule has 134 valence electrons. The Kier molecular flexibility index (Phi) is 5.55. The van der Waals surface area contributed by atoms with E-state index in [0.29, 0.717) is 32.6 Å². The summed E-state index contributed by atoms with van der Waals surface area (Å²) in [6, 6.07) is 13.4. The number of nitrogens with zero attached hydrogens (tertiary/aromatic N) is 3. The van der Waals surface area contributed by atoms with Gasteiger partial charge in [-0.25, -0.2) is 8.42 Å². The van der Waals surface area contributed by atoms with Gasteiger partial charge in [0, 0.05) is 44.5 Å². The van der Waals surface area contributed by atoms with Crippen LogP contribution in [0.5, 0.6) is 5.75 Å². The second kappa shape index (κ2) is 7.84. The number of aromatic nitrogens is 1. The van der Waals surface area contributed by atoms with Crippen molar-refractivity contribution in [3.05, 3.63) is 54.4 Å².